The van der Waals surface area contributed by atoms with Crippen LogP contribution in [0.4, 0.5) is 16.2 Å². The van der Waals surface area contributed by atoms with E-state index in [1.807, 2.05) is 0 Å². The maximum atomic E-state index is 11.8. The average molecular weight is 325 g/mol. The van der Waals surface area contributed by atoms with Crippen LogP contribution in [0.1, 0.15) is 10.4 Å². The van der Waals surface area contributed by atoms with Crippen LogP contribution in [0.25, 0.3) is 0 Å². The zero-order valence-electron chi connectivity index (χ0n) is 10.6. The summed E-state index contributed by atoms with van der Waals surface area (Å²) in [5.41, 5.74) is 0.971. The summed E-state index contributed by atoms with van der Waals surface area (Å²) in [6, 6.07) is 10.1. The molecule has 0 heterocycles. The Kier molecular flexibility index (Phi) is 4.67. The predicted octanol–water partition coefficient (Wildman–Crippen LogP) is 4.34. The van der Waals surface area contributed by atoms with Gasteiger partial charge in [0, 0.05) is 5.69 Å². The van der Waals surface area contributed by atoms with Crippen molar-refractivity contribution in [2.45, 2.75) is 0 Å². The van der Waals surface area contributed by atoms with E-state index in [4.69, 9.17) is 28.3 Å². The highest BCUT2D eigenvalue weighted by Crippen LogP contribution is 2.29. The van der Waals surface area contributed by atoms with E-state index in [1.54, 1.807) is 18.2 Å². The summed E-state index contributed by atoms with van der Waals surface area (Å²) in [4.78, 5) is 22.5. The van der Waals surface area contributed by atoms with Gasteiger partial charge < -0.3 is 15.7 Å². The van der Waals surface area contributed by atoms with E-state index in [2.05, 4.69) is 10.6 Å². The fourth-order valence-corrected chi connectivity index (χ4v) is 1.93. The highest BCUT2D eigenvalue weighted by molar-refractivity contribution is 6.44. The molecule has 7 heteroatoms. The maximum Gasteiger partial charge on any atom is 0.335 e. The lowest BCUT2D eigenvalue weighted by Crippen LogP contribution is -2.19. The van der Waals surface area contributed by atoms with E-state index < -0.39 is 12.0 Å². The number of amides is 2. The molecule has 0 aliphatic rings. The van der Waals surface area contributed by atoms with Gasteiger partial charge in [-0.25, -0.2) is 9.59 Å². The van der Waals surface area contributed by atoms with Gasteiger partial charge in [0.1, 0.15) is 0 Å². The molecule has 0 fully saturated rings. The minimum Gasteiger partial charge on any atom is -0.478 e. The van der Waals surface area contributed by atoms with Crippen LogP contribution in [-0.2, 0) is 0 Å². The van der Waals surface area contributed by atoms with Gasteiger partial charge in [-0.15, -0.1) is 0 Å². The van der Waals surface area contributed by atoms with Gasteiger partial charge >= 0.3 is 12.0 Å². The van der Waals surface area contributed by atoms with Crippen LogP contribution >= 0.6 is 23.2 Å². The van der Waals surface area contributed by atoms with E-state index in [-0.39, 0.29) is 10.6 Å². The van der Waals surface area contributed by atoms with Crippen LogP contribution < -0.4 is 10.6 Å². The van der Waals surface area contributed by atoms with E-state index >= 15 is 0 Å². The molecule has 0 saturated heterocycles. The lowest BCUT2D eigenvalue weighted by atomic mass is 10.2. The molecular formula is C14H10Cl2N2O3. The van der Waals surface area contributed by atoms with Crippen molar-refractivity contribution in [3.05, 3.63) is 58.1 Å². The number of aromatic carboxylic acids is 1. The fourth-order valence-electron chi connectivity index (χ4n) is 1.58. The molecular weight excluding hydrogens is 315 g/mol. The summed E-state index contributed by atoms with van der Waals surface area (Å²) < 4.78 is 0. The third kappa shape index (κ3) is 3.87. The van der Waals surface area contributed by atoms with Crippen LogP contribution in [0.3, 0.4) is 0 Å². The summed E-state index contributed by atoms with van der Waals surface area (Å²) in [5, 5.41) is 14.5. The second-order valence-corrected chi connectivity index (χ2v) is 4.85. The smallest absolute Gasteiger partial charge is 0.335 e. The summed E-state index contributed by atoms with van der Waals surface area (Å²) in [5.74, 6) is -1.03. The quantitative estimate of drug-likeness (QED) is 0.785. The van der Waals surface area contributed by atoms with Crippen LogP contribution in [-0.4, -0.2) is 17.1 Å². The third-order valence-corrected chi connectivity index (χ3v) is 3.41. The molecule has 0 saturated carbocycles. The first-order valence-electron chi connectivity index (χ1n) is 5.83. The van der Waals surface area contributed by atoms with Crippen molar-refractivity contribution in [2.24, 2.45) is 0 Å². The number of rotatable bonds is 3. The molecule has 5 nitrogen and oxygen atoms in total. The van der Waals surface area contributed by atoms with Gasteiger partial charge in [0.25, 0.3) is 0 Å². The first-order chi connectivity index (χ1) is 9.97. The Balaban J connectivity index is 2.04. The van der Waals surface area contributed by atoms with Gasteiger partial charge in [0.15, 0.2) is 0 Å². The van der Waals surface area contributed by atoms with Crippen LogP contribution in [0.2, 0.25) is 10.0 Å². The van der Waals surface area contributed by atoms with Crippen molar-refractivity contribution in [1.82, 2.24) is 0 Å². The van der Waals surface area contributed by atoms with E-state index in [0.717, 1.165) is 0 Å². The Hall–Kier alpha value is -2.24. The number of carbonyl (C=O) groups excluding carboxylic acids is 1. The molecule has 108 valence electrons. The Morgan fingerprint density at radius 3 is 2.24 bits per heavy atom. The van der Waals surface area contributed by atoms with Crippen molar-refractivity contribution in [1.29, 1.82) is 0 Å². The summed E-state index contributed by atoms with van der Waals surface area (Å²) in [6.45, 7) is 0. The first kappa shape index (κ1) is 15.2. The lowest BCUT2D eigenvalue weighted by Gasteiger charge is -2.09. The number of urea groups is 1. The average Bonchev–Trinajstić information content (AvgIpc) is 2.44. The molecule has 2 aromatic rings. The lowest BCUT2D eigenvalue weighted by molar-refractivity contribution is 0.0697. The normalized spacial score (nSPS) is 10.0. The van der Waals surface area contributed by atoms with Gasteiger partial charge in [-0.3, -0.25) is 0 Å². The Morgan fingerprint density at radius 2 is 1.62 bits per heavy atom. The summed E-state index contributed by atoms with van der Waals surface area (Å²) in [6.07, 6.45) is 0. The largest absolute Gasteiger partial charge is 0.478 e. The summed E-state index contributed by atoms with van der Waals surface area (Å²) >= 11 is 11.8. The minimum atomic E-state index is -1.03. The number of carboxylic acid groups (broad SMARTS) is 1. The SMILES string of the molecule is O=C(Nc1ccc(C(=O)O)cc1)Nc1cccc(Cl)c1Cl. The molecule has 0 aliphatic heterocycles. The highest BCUT2D eigenvalue weighted by Gasteiger charge is 2.09. The van der Waals surface area contributed by atoms with Crippen molar-refractivity contribution in [2.75, 3.05) is 10.6 Å². The molecule has 0 unspecified atom stereocenters. The van der Waals surface area contributed by atoms with Gasteiger partial charge in [0.2, 0.25) is 0 Å². The Bertz CT molecular complexity index is 687. The molecule has 0 spiro atoms. The van der Waals surface area contributed by atoms with Crippen LogP contribution in [0, 0.1) is 0 Å². The molecule has 0 aromatic heterocycles. The number of hydrogen-bond acceptors (Lipinski definition) is 2. The molecule has 0 radical (unpaired) electrons. The summed E-state index contributed by atoms with van der Waals surface area (Å²) in [7, 11) is 0. The number of carbonyl (C=O) groups is 2. The topological polar surface area (TPSA) is 78.4 Å². The predicted molar refractivity (Wildman–Crippen MR) is 82.5 cm³/mol. The van der Waals surface area contributed by atoms with Gasteiger partial charge in [0.05, 0.1) is 21.3 Å². The zero-order chi connectivity index (χ0) is 15.4. The van der Waals surface area contributed by atoms with E-state index in [0.29, 0.717) is 16.4 Å². The Labute approximate surface area is 130 Å². The maximum absolute atomic E-state index is 11.8. The molecule has 0 aliphatic carbocycles. The number of benzene rings is 2. The molecule has 3 N–H and O–H groups in total. The van der Waals surface area contributed by atoms with Crippen molar-refractivity contribution in [3.63, 3.8) is 0 Å². The van der Waals surface area contributed by atoms with Crippen molar-refractivity contribution < 1.29 is 14.7 Å². The number of carboxylic acids is 1. The zero-order valence-corrected chi connectivity index (χ0v) is 12.1. The van der Waals surface area contributed by atoms with Gasteiger partial charge in [-0.1, -0.05) is 29.3 Å². The van der Waals surface area contributed by atoms with E-state index in [9.17, 15) is 9.59 Å². The molecule has 21 heavy (non-hydrogen) atoms. The van der Waals surface area contributed by atoms with E-state index in [1.165, 1.54) is 24.3 Å². The molecule has 2 amide bonds. The number of nitrogens with one attached hydrogen (secondary N) is 2. The van der Waals surface area contributed by atoms with Gasteiger partial charge in [-0.2, -0.15) is 0 Å². The first-order valence-corrected chi connectivity index (χ1v) is 6.58. The fraction of sp³-hybridized carbons (Fsp3) is 0. The Morgan fingerprint density at radius 1 is 0.952 bits per heavy atom. The van der Waals surface area contributed by atoms with Gasteiger partial charge in [-0.05, 0) is 36.4 Å². The minimum absolute atomic E-state index is 0.138. The molecule has 2 aromatic carbocycles. The standard InChI is InChI=1S/C14H10Cl2N2O3/c15-10-2-1-3-11(12(10)16)18-14(21)17-9-6-4-8(5-7-9)13(19)20/h1-7H,(H,19,20)(H2,17,18,21). The van der Waals surface area contributed by atoms with Crippen molar-refractivity contribution >= 4 is 46.6 Å². The number of halogens is 2. The highest BCUT2D eigenvalue weighted by atomic mass is 35.5. The third-order valence-electron chi connectivity index (χ3n) is 2.59. The van der Waals surface area contributed by atoms with Crippen molar-refractivity contribution in [3.8, 4) is 0 Å². The van der Waals surface area contributed by atoms with Crippen LogP contribution in [0.5, 0.6) is 0 Å². The number of anilines is 2. The second kappa shape index (κ2) is 6.47. The number of hydrogen-bond donors (Lipinski definition) is 3. The second-order valence-electron chi connectivity index (χ2n) is 4.06. The van der Waals surface area contributed by atoms with Crippen LogP contribution in [0.15, 0.2) is 42.5 Å². The monoisotopic (exact) mass is 324 g/mol. The molecule has 0 atom stereocenters. The molecule has 0 bridgehead atoms. The molecule has 2 rings (SSSR count).